The van der Waals surface area contributed by atoms with Gasteiger partial charge in [-0.05, 0) is 48.0 Å². The summed E-state index contributed by atoms with van der Waals surface area (Å²) >= 11 is 0. The van der Waals surface area contributed by atoms with Gasteiger partial charge in [0.05, 0.1) is 24.7 Å². The van der Waals surface area contributed by atoms with Crippen LogP contribution in [-0.4, -0.2) is 53.5 Å². The first-order valence-corrected chi connectivity index (χ1v) is 9.26. The Labute approximate surface area is 151 Å². The van der Waals surface area contributed by atoms with Gasteiger partial charge in [0.1, 0.15) is 11.7 Å². The van der Waals surface area contributed by atoms with Crippen LogP contribution in [0.3, 0.4) is 0 Å². The lowest BCUT2D eigenvalue weighted by Gasteiger charge is -2.35. The second-order valence-corrected chi connectivity index (χ2v) is 8.85. The smallest absolute Gasteiger partial charge is 0.410 e. The Hall–Kier alpha value is -1.30. The van der Waals surface area contributed by atoms with Crippen molar-refractivity contribution in [2.75, 3.05) is 13.2 Å². The number of carbonyl (C=O) groups excluding carboxylic acids is 2. The number of ether oxygens (including phenoxy) is 3. The van der Waals surface area contributed by atoms with Crippen molar-refractivity contribution in [3.63, 3.8) is 0 Å². The Bertz CT molecular complexity index is 510. The molecule has 6 heteroatoms. The van der Waals surface area contributed by atoms with Crippen molar-refractivity contribution >= 4 is 12.1 Å². The molecule has 0 N–H and O–H groups in total. The highest BCUT2D eigenvalue weighted by molar-refractivity contribution is 5.73. The lowest BCUT2D eigenvalue weighted by molar-refractivity contribution is -0.160. The van der Waals surface area contributed by atoms with Gasteiger partial charge in [-0.3, -0.25) is 4.79 Å². The van der Waals surface area contributed by atoms with Crippen LogP contribution in [0.25, 0.3) is 0 Å². The van der Waals surface area contributed by atoms with Crippen LogP contribution < -0.4 is 0 Å². The van der Waals surface area contributed by atoms with Crippen molar-refractivity contribution in [1.29, 1.82) is 0 Å². The number of hydrogen-bond acceptors (Lipinski definition) is 5. The molecule has 0 aromatic rings. The topological polar surface area (TPSA) is 65.1 Å². The second-order valence-electron chi connectivity index (χ2n) is 8.85. The Kier molecular flexibility index (Phi) is 5.71. The maximum Gasteiger partial charge on any atom is 0.410 e. The van der Waals surface area contributed by atoms with Gasteiger partial charge in [0.2, 0.25) is 0 Å². The summed E-state index contributed by atoms with van der Waals surface area (Å²) in [7, 11) is 0. The van der Waals surface area contributed by atoms with Gasteiger partial charge in [0.15, 0.2) is 0 Å². The molecule has 144 valence electrons. The summed E-state index contributed by atoms with van der Waals surface area (Å²) in [5.74, 6) is -0.0143. The highest BCUT2D eigenvalue weighted by Gasteiger charge is 2.51. The number of cyclic esters (lactones) is 1. The lowest BCUT2D eigenvalue weighted by Crippen LogP contribution is -2.46. The summed E-state index contributed by atoms with van der Waals surface area (Å²) in [6.07, 6.45) is 0.665. The summed E-state index contributed by atoms with van der Waals surface area (Å²) < 4.78 is 17.1. The van der Waals surface area contributed by atoms with Crippen molar-refractivity contribution in [3.8, 4) is 0 Å². The molecule has 2 saturated heterocycles. The standard InChI is InChI=1S/C19H33NO5/c1-8-19(6,7)23-11-15-13-9-16(21)24-12(2)14(13)10-20(15)17(22)25-18(3,4)5/h12-15H,8-11H2,1-7H3/t12?,13-,14+,15+/m0/s1. The number of carbonyl (C=O) groups is 2. The molecule has 0 saturated carbocycles. The molecule has 2 aliphatic heterocycles. The van der Waals surface area contributed by atoms with Crippen LogP contribution in [0.1, 0.15) is 61.3 Å². The minimum atomic E-state index is -0.559. The van der Waals surface area contributed by atoms with Gasteiger partial charge in [-0.2, -0.15) is 0 Å². The molecule has 0 spiro atoms. The molecular formula is C19H33NO5. The van der Waals surface area contributed by atoms with Gasteiger partial charge in [-0.15, -0.1) is 0 Å². The first-order valence-electron chi connectivity index (χ1n) is 9.26. The molecule has 6 nitrogen and oxygen atoms in total. The second kappa shape index (κ2) is 7.14. The van der Waals surface area contributed by atoms with Crippen molar-refractivity contribution < 1.29 is 23.8 Å². The van der Waals surface area contributed by atoms with Crippen LogP contribution in [0.4, 0.5) is 4.79 Å². The normalized spacial score (nSPS) is 30.0. The molecule has 2 rings (SSSR count). The lowest BCUT2D eigenvalue weighted by atomic mass is 9.83. The van der Waals surface area contributed by atoms with E-state index in [1.807, 2.05) is 41.5 Å². The van der Waals surface area contributed by atoms with Crippen molar-refractivity contribution in [2.45, 2.75) is 84.7 Å². The van der Waals surface area contributed by atoms with Gasteiger partial charge in [-0.25, -0.2) is 4.79 Å². The Balaban J connectivity index is 2.20. The van der Waals surface area contributed by atoms with Crippen molar-refractivity contribution in [3.05, 3.63) is 0 Å². The Morgan fingerprint density at radius 1 is 1.24 bits per heavy atom. The largest absolute Gasteiger partial charge is 0.462 e. The summed E-state index contributed by atoms with van der Waals surface area (Å²) in [4.78, 5) is 26.4. The number of rotatable bonds is 4. The third-order valence-electron chi connectivity index (χ3n) is 5.30. The van der Waals surface area contributed by atoms with E-state index in [4.69, 9.17) is 14.2 Å². The number of fused-ring (bicyclic) bond motifs is 1. The fraction of sp³-hybridized carbons (Fsp3) is 0.895. The van der Waals surface area contributed by atoms with Gasteiger partial charge in [0.25, 0.3) is 0 Å². The molecule has 1 amide bonds. The van der Waals surface area contributed by atoms with Gasteiger partial charge in [-0.1, -0.05) is 6.92 Å². The zero-order chi connectivity index (χ0) is 19.0. The Morgan fingerprint density at radius 3 is 2.44 bits per heavy atom. The van der Waals surface area contributed by atoms with Crippen LogP contribution in [0.2, 0.25) is 0 Å². The molecule has 4 atom stereocenters. The summed E-state index contributed by atoms with van der Waals surface area (Å²) in [5, 5.41) is 0. The number of amides is 1. The number of hydrogen-bond donors (Lipinski definition) is 0. The molecule has 2 fully saturated rings. The SMILES string of the molecule is CCC(C)(C)OC[C@@H]1[C@H]2CC(=O)OC(C)[C@H]2CN1C(=O)OC(C)(C)C. The van der Waals surface area contributed by atoms with E-state index in [-0.39, 0.29) is 41.6 Å². The highest BCUT2D eigenvalue weighted by Crippen LogP contribution is 2.40. The zero-order valence-corrected chi connectivity index (χ0v) is 16.6. The van der Waals surface area contributed by atoms with Crippen LogP contribution in [0.5, 0.6) is 0 Å². The average molecular weight is 355 g/mol. The average Bonchev–Trinajstić information content (AvgIpc) is 2.82. The van der Waals surface area contributed by atoms with Gasteiger partial charge < -0.3 is 19.1 Å². The molecule has 2 aliphatic rings. The monoisotopic (exact) mass is 355 g/mol. The molecule has 25 heavy (non-hydrogen) atoms. The van der Waals surface area contributed by atoms with Gasteiger partial charge >= 0.3 is 12.1 Å². The van der Waals surface area contributed by atoms with E-state index in [2.05, 4.69) is 6.92 Å². The summed E-state index contributed by atoms with van der Waals surface area (Å²) in [6, 6.07) is -0.166. The van der Waals surface area contributed by atoms with Crippen molar-refractivity contribution in [2.24, 2.45) is 11.8 Å². The number of nitrogens with zero attached hydrogens (tertiary/aromatic N) is 1. The number of likely N-dealkylation sites (tertiary alicyclic amines) is 1. The summed E-state index contributed by atoms with van der Waals surface area (Å²) in [5.41, 5.74) is -0.824. The van der Waals surface area contributed by atoms with E-state index in [1.165, 1.54) is 0 Å². The first-order chi connectivity index (χ1) is 11.4. The predicted molar refractivity (Wildman–Crippen MR) is 94.2 cm³/mol. The molecule has 2 heterocycles. The molecule has 0 aromatic carbocycles. The van der Waals surface area contributed by atoms with Crippen LogP contribution in [0.15, 0.2) is 0 Å². The van der Waals surface area contributed by atoms with Crippen LogP contribution >= 0.6 is 0 Å². The van der Waals surface area contributed by atoms with E-state index in [1.54, 1.807) is 4.90 Å². The van der Waals surface area contributed by atoms with E-state index < -0.39 is 5.60 Å². The maximum atomic E-state index is 12.7. The molecule has 1 unspecified atom stereocenters. The minimum absolute atomic E-state index is 0.0522. The van der Waals surface area contributed by atoms with E-state index in [0.29, 0.717) is 19.6 Å². The third-order valence-corrected chi connectivity index (χ3v) is 5.30. The van der Waals surface area contributed by atoms with Crippen LogP contribution in [-0.2, 0) is 19.0 Å². The predicted octanol–water partition coefficient (Wildman–Crippen LogP) is 3.38. The van der Waals surface area contributed by atoms with Crippen LogP contribution in [0, 0.1) is 11.8 Å². The van der Waals surface area contributed by atoms with E-state index in [9.17, 15) is 9.59 Å². The zero-order valence-electron chi connectivity index (χ0n) is 16.6. The molecule has 0 bridgehead atoms. The molecule has 0 aliphatic carbocycles. The van der Waals surface area contributed by atoms with E-state index in [0.717, 1.165) is 6.42 Å². The fourth-order valence-corrected chi connectivity index (χ4v) is 3.49. The van der Waals surface area contributed by atoms with Crippen molar-refractivity contribution in [1.82, 2.24) is 4.90 Å². The Morgan fingerprint density at radius 2 is 1.88 bits per heavy atom. The number of esters is 1. The highest BCUT2D eigenvalue weighted by atomic mass is 16.6. The minimum Gasteiger partial charge on any atom is -0.462 e. The quantitative estimate of drug-likeness (QED) is 0.723. The van der Waals surface area contributed by atoms with E-state index >= 15 is 0 Å². The fourth-order valence-electron chi connectivity index (χ4n) is 3.49. The van der Waals surface area contributed by atoms with Gasteiger partial charge in [0, 0.05) is 18.4 Å². The third kappa shape index (κ3) is 4.87. The molecule has 0 radical (unpaired) electrons. The first kappa shape index (κ1) is 20.0. The molecular weight excluding hydrogens is 322 g/mol. The maximum absolute atomic E-state index is 12.7. The molecule has 0 aromatic heterocycles. The summed E-state index contributed by atoms with van der Waals surface area (Å²) in [6.45, 7) is 14.6.